The van der Waals surface area contributed by atoms with E-state index in [1.807, 2.05) is 36.1 Å². The van der Waals surface area contributed by atoms with Crippen molar-refractivity contribution in [3.05, 3.63) is 59.7 Å². The average molecular weight is 507 g/mol. The van der Waals surface area contributed by atoms with Gasteiger partial charge in [-0.05, 0) is 67.8 Å². The van der Waals surface area contributed by atoms with Crippen LogP contribution in [-0.2, 0) is 20.9 Å². The topological polar surface area (TPSA) is 67.9 Å². The van der Waals surface area contributed by atoms with Crippen LogP contribution in [0.15, 0.2) is 48.5 Å². The SMILES string of the molecule is CCOC(=O)[C@@H](CCN[C@@H]1COc2ccccc2N(Cc2ccc(C(C)C)cc2)C1=O)C1CCCCC1. The van der Waals surface area contributed by atoms with E-state index >= 15 is 0 Å². The molecule has 0 radical (unpaired) electrons. The number of carbonyl (C=O) groups is 2. The van der Waals surface area contributed by atoms with E-state index < -0.39 is 6.04 Å². The quantitative estimate of drug-likeness (QED) is 0.410. The fourth-order valence-electron chi connectivity index (χ4n) is 5.60. The van der Waals surface area contributed by atoms with E-state index in [2.05, 4.69) is 43.4 Å². The maximum absolute atomic E-state index is 13.8. The van der Waals surface area contributed by atoms with Gasteiger partial charge in [0.2, 0.25) is 5.91 Å². The van der Waals surface area contributed by atoms with E-state index in [0.29, 0.717) is 43.7 Å². The van der Waals surface area contributed by atoms with E-state index in [-0.39, 0.29) is 24.4 Å². The molecule has 6 heteroatoms. The number of fused-ring (bicyclic) bond motifs is 1. The number of ether oxygens (including phenoxy) is 2. The first kappa shape index (κ1) is 27.2. The van der Waals surface area contributed by atoms with Crippen molar-refractivity contribution in [3.63, 3.8) is 0 Å². The lowest BCUT2D eigenvalue weighted by Gasteiger charge is -2.29. The second-order valence-corrected chi connectivity index (χ2v) is 10.7. The van der Waals surface area contributed by atoms with Crippen molar-refractivity contribution in [1.82, 2.24) is 5.32 Å². The predicted octanol–water partition coefficient (Wildman–Crippen LogP) is 5.84. The van der Waals surface area contributed by atoms with E-state index in [9.17, 15) is 9.59 Å². The Balaban J connectivity index is 1.46. The van der Waals surface area contributed by atoms with Gasteiger partial charge in [0.15, 0.2) is 0 Å². The molecule has 4 rings (SSSR count). The summed E-state index contributed by atoms with van der Waals surface area (Å²) in [7, 11) is 0. The van der Waals surface area contributed by atoms with Crippen LogP contribution in [0.3, 0.4) is 0 Å². The fourth-order valence-corrected chi connectivity index (χ4v) is 5.60. The molecule has 1 amide bonds. The number of anilines is 1. The molecule has 37 heavy (non-hydrogen) atoms. The average Bonchev–Trinajstić information content (AvgIpc) is 3.04. The summed E-state index contributed by atoms with van der Waals surface area (Å²) in [6.45, 7) is 7.91. The lowest BCUT2D eigenvalue weighted by Crippen LogP contribution is -2.49. The summed E-state index contributed by atoms with van der Waals surface area (Å²) in [5.41, 5.74) is 3.15. The normalized spacial score (nSPS) is 19.2. The molecule has 2 aromatic rings. The number of amides is 1. The first-order valence-electron chi connectivity index (χ1n) is 14.0. The minimum atomic E-state index is -0.489. The third-order valence-corrected chi connectivity index (χ3v) is 7.77. The van der Waals surface area contributed by atoms with Gasteiger partial charge < -0.3 is 19.7 Å². The molecule has 1 heterocycles. The standard InChI is InChI=1S/C31H42N2O4/c1-4-36-31(35)26(25-10-6-5-7-11-25)18-19-32-27-21-37-29-13-9-8-12-28(29)33(30(27)34)20-23-14-16-24(17-15-23)22(2)3/h8-9,12-17,22,25-27,32H,4-7,10-11,18-21H2,1-3H3/t26-,27+/m0/s1. The molecule has 2 atom stereocenters. The summed E-state index contributed by atoms with van der Waals surface area (Å²) in [6.07, 6.45) is 6.41. The summed E-state index contributed by atoms with van der Waals surface area (Å²) in [5.74, 6) is 1.31. The van der Waals surface area contributed by atoms with Crippen LogP contribution in [0.4, 0.5) is 5.69 Å². The Morgan fingerprint density at radius 1 is 1.08 bits per heavy atom. The predicted molar refractivity (Wildman–Crippen MR) is 147 cm³/mol. The van der Waals surface area contributed by atoms with E-state index in [0.717, 1.165) is 24.1 Å². The Labute approximate surface area is 221 Å². The summed E-state index contributed by atoms with van der Waals surface area (Å²) in [6, 6.07) is 15.7. The molecular formula is C31H42N2O4. The van der Waals surface area contributed by atoms with Crippen molar-refractivity contribution >= 4 is 17.6 Å². The number of para-hydroxylation sites is 2. The van der Waals surface area contributed by atoms with Crippen LogP contribution in [-0.4, -0.2) is 37.7 Å². The molecule has 200 valence electrons. The van der Waals surface area contributed by atoms with Gasteiger partial charge in [-0.25, -0.2) is 0 Å². The lowest BCUT2D eigenvalue weighted by atomic mass is 9.78. The number of rotatable bonds is 10. The Morgan fingerprint density at radius 3 is 2.51 bits per heavy atom. The first-order chi connectivity index (χ1) is 18.0. The summed E-state index contributed by atoms with van der Waals surface area (Å²) in [5, 5.41) is 3.43. The fraction of sp³-hybridized carbons (Fsp3) is 0.548. The highest BCUT2D eigenvalue weighted by Gasteiger charge is 2.33. The van der Waals surface area contributed by atoms with Crippen LogP contribution < -0.4 is 15.0 Å². The molecule has 0 unspecified atom stereocenters. The molecule has 1 N–H and O–H groups in total. The molecular weight excluding hydrogens is 464 g/mol. The maximum atomic E-state index is 13.8. The largest absolute Gasteiger partial charge is 0.489 e. The summed E-state index contributed by atoms with van der Waals surface area (Å²) < 4.78 is 11.5. The highest BCUT2D eigenvalue weighted by Crippen LogP contribution is 2.34. The van der Waals surface area contributed by atoms with E-state index in [1.165, 1.54) is 24.8 Å². The van der Waals surface area contributed by atoms with E-state index in [4.69, 9.17) is 9.47 Å². The van der Waals surface area contributed by atoms with Gasteiger partial charge in [0.1, 0.15) is 18.4 Å². The van der Waals surface area contributed by atoms with Gasteiger partial charge in [-0.1, -0.05) is 69.5 Å². The number of benzene rings is 2. The molecule has 0 spiro atoms. The van der Waals surface area contributed by atoms with Crippen molar-refractivity contribution in [2.45, 2.75) is 77.8 Å². The number of nitrogens with zero attached hydrogens (tertiary/aromatic N) is 1. The Kier molecular flexibility index (Phi) is 9.62. The molecule has 0 saturated heterocycles. The van der Waals surface area contributed by atoms with Gasteiger partial charge in [-0.2, -0.15) is 0 Å². The van der Waals surface area contributed by atoms with Crippen molar-refractivity contribution in [3.8, 4) is 5.75 Å². The summed E-state index contributed by atoms with van der Waals surface area (Å²) in [4.78, 5) is 28.4. The second kappa shape index (κ2) is 13.1. The number of nitrogens with one attached hydrogen (secondary N) is 1. The van der Waals surface area contributed by atoms with Gasteiger partial charge in [0.05, 0.1) is 24.8 Å². The molecule has 6 nitrogen and oxygen atoms in total. The molecule has 0 aromatic heterocycles. The highest BCUT2D eigenvalue weighted by molar-refractivity contribution is 5.99. The minimum Gasteiger partial charge on any atom is -0.489 e. The molecule has 1 aliphatic heterocycles. The Hall–Kier alpha value is -2.86. The van der Waals surface area contributed by atoms with Crippen LogP contribution in [0.2, 0.25) is 0 Å². The van der Waals surface area contributed by atoms with Gasteiger partial charge in [0, 0.05) is 0 Å². The molecule has 2 aliphatic rings. The zero-order valence-electron chi connectivity index (χ0n) is 22.6. The zero-order chi connectivity index (χ0) is 26.2. The van der Waals surface area contributed by atoms with Gasteiger partial charge in [0.25, 0.3) is 0 Å². The van der Waals surface area contributed by atoms with Crippen molar-refractivity contribution < 1.29 is 19.1 Å². The molecule has 1 aliphatic carbocycles. The number of hydrogen-bond donors (Lipinski definition) is 1. The maximum Gasteiger partial charge on any atom is 0.309 e. The van der Waals surface area contributed by atoms with Gasteiger partial charge in [-0.15, -0.1) is 0 Å². The lowest BCUT2D eigenvalue weighted by molar-refractivity contribution is -0.150. The van der Waals surface area contributed by atoms with Crippen molar-refractivity contribution in [1.29, 1.82) is 0 Å². The number of carbonyl (C=O) groups excluding carboxylic acids is 2. The highest BCUT2D eigenvalue weighted by atomic mass is 16.5. The minimum absolute atomic E-state index is 0.0109. The van der Waals surface area contributed by atoms with Crippen LogP contribution in [0.1, 0.15) is 76.3 Å². The zero-order valence-corrected chi connectivity index (χ0v) is 22.6. The van der Waals surface area contributed by atoms with Crippen LogP contribution in [0.5, 0.6) is 5.75 Å². The third-order valence-electron chi connectivity index (χ3n) is 7.77. The molecule has 0 bridgehead atoms. The van der Waals surface area contributed by atoms with Crippen LogP contribution in [0, 0.1) is 11.8 Å². The van der Waals surface area contributed by atoms with Gasteiger partial charge >= 0.3 is 5.97 Å². The van der Waals surface area contributed by atoms with Crippen molar-refractivity contribution in [2.75, 3.05) is 24.7 Å². The monoisotopic (exact) mass is 506 g/mol. The van der Waals surface area contributed by atoms with Crippen LogP contribution in [0.25, 0.3) is 0 Å². The number of hydrogen-bond acceptors (Lipinski definition) is 5. The third kappa shape index (κ3) is 6.92. The molecule has 2 aromatic carbocycles. The van der Waals surface area contributed by atoms with E-state index in [1.54, 1.807) is 0 Å². The van der Waals surface area contributed by atoms with Crippen LogP contribution >= 0.6 is 0 Å². The first-order valence-corrected chi connectivity index (χ1v) is 14.0. The molecule has 1 fully saturated rings. The van der Waals surface area contributed by atoms with Gasteiger partial charge in [-0.3, -0.25) is 9.59 Å². The second-order valence-electron chi connectivity index (χ2n) is 10.7. The van der Waals surface area contributed by atoms with Crippen molar-refractivity contribution in [2.24, 2.45) is 11.8 Å². The number of esters is 1. The molecule has 1 saturated carbocycles. The Bertz CT molecular complexity index is 1030. The smallest absolute Gasteiger partial charge is 0.309 e. The summed E-state index contributed by atoms with van der Waals surface area (Å²) >= 11 is 0. The Morgan fingerprint density at radius 2 is 1.81 bits per heavy atom.